The Morgan fingerprint density at radius 1 is 0.868 bits per heavy atom. The first-order valence-electron chi connectivity index (χ1n) is 12.7. The van der Waals surface area contributed by atoms with Gasteiger partial charge in [0.05, 0.1) is 18.4 Å². The fraction of sp³-hybridized carbons (Fsp3) is 0.464. The second kappa shape index (κ2) is 20.3. The van der Waals surface area contributed by atoms with Crippen molar-refractivity contribution in [2.45, 2.75) is 64.3 Å². The number of unbranched alkanes of at least 4 members (excludes halogenated alkanes) is 2. The molecule has 0 aliphatic heterocycles. The maximum Gasteiger partial charge on any atom is 0.336 e. The van der Waals surface area contributed by atoms with Gasteiger partial charge >= 0.3 is 5.97 Å². The summed E-state index contributed by atoms with van der Waals surface area (Å²) in [7, 11) is 0. The van der Waals surface area contributed by atoms with E-state index >= 15 is 0 Å². The van der Waals surface area contributed by atoms with Crippen LogP contribution in [-0.2, 0) is 38.5 Å². The molecular formula is C28H42Cl2N4O4. The van der Waals surface area contributed by atoms with Gasteiger partial charge in [0, 0.05) is 6.54 Å². The predicted octanol–water partition coefficient (Wildman–Crippen LogP) is 3.42. The lowest BCUT2D eigenvalue weighted by Crippen LogP contribution is -2.43. The van der Waals surface area contributed by atoms with Crippen LogP contribution >= 0.6 is 24.8 Å². The van der Waals surface area contributed by atoms with Crippen molar-refractivity contribution in [3.05, 3.63) is 71.3 Å². The summed E-state index contributed by atoms with van der Waals surface area (Å²) in [5, 5.41) is 2.65. The Bertz CT molecular complexity index is 963. The topological polar surface area (TPSA) is 137 Å². The molecule has 2 aromatic rings. The van der Waals surface area contributed by atoms with E-state index in [2.05, 4.69) is 41.1 Å². The third-order valence-corrected chi connectivity index (χ3v) is 5.94. The molecule has 0 saturated carbocycles. The zero-order valence-corrected chi connectivity index (χ0v) is 23.7. The van der Waals surface area contributed by atoms with Crippen molar-refractivity contribution in [1.82, 2.24) is 10.8 Å². The quantitative estimate of drug-likeness (QED) is 0.192. The second-order valence-corrected chi connectivity index (χ2v) is 9.17. The average Bonchev–Trinajstić information content (AvgIpc) is 2.89. The maximum absolute atomic E-state index is 12.3. The largest absolute Gasteiger partial charge is 0.354 e. The summed E-state index contributed by atoms with van der Waals surface area (Å²) in [6, 6.07) is 17.7. The summed E-state index contributed by atoms with van der Waals surface area (Å²) in [6.07, 6.45) is 6.38. The van der Waals surface area contributed by atoms with Crippen molar-refractivity contribution in [3.8, 4) is 0 Å². The fourth-order valence-electron chi connectivity index (χ4n) is 3.74. The molecule has 6 N–H and O–H groups in total. The van der Waals surface area contributed by atoms with E-state index in [0.29, 0.717) is 13.0 Å². The summed E-state index contributed by atoms with van der Waals surface area (Å²) in [6.45, 7) is 2.24. The third kappa shape index (κ3) is 14.3. The molecule has 8 nitrogen and oxygen atoms in total. The number of carbonyl (C=O) groups excluding carboxylic acids is 3. The zero-order valence-electron chi connectivity index (χ0n) is 22.0. The molecule has 38 heavy (non-hydrogen) atoms. The number of hydrogen-bond acceptors (Lipinski definition) is 6. The zero-order chi connectivity index (χ0) is 26.2. The molecule has 2 aromatic carbocycles. The van der Waals surface area contributed by atoms with Crippen LogP contribution < -0.4 is 22.3 Å². The second-order valence-electron chi connectivity index (χ2n) is 9.17. The number of hydrogen-bond donors (Lipinski definition) is 4. The summed E-state index contributed by atoms with van der Waals surface area (Å²) in [4.78, 5) is 41.4. The number of carbonyl (C=O) groups is 3. The van der Waals surface area contributed by atoms with Crippen LogP contribution in [0.3, 0.4) is 0 Å². The van der Waals surface area contributed by atoms with E-state index in [4.69, 9.17) is 16.3 Å². The van der Waals surface area contributed by atoms with Crippen LogP contribution in [0.5, 0.6) is 0 Å². The lowest BCUT2D eigenvalue weighted by Gasteiger charge is -2.15. The minimum absolute atomic E-state index is 0. The first kappa shape index (κ1) is 35.4. The lowest BCUT2D eigenvalue weighted by atomic mass is 10.0. The number of rotatable bonds is 15. The standard InChI is InChI=1S/C28H40N4O4.2ClH/c1-21(20-31-27(34)25(30)16-7-8-17-29)28(35)36-32-26(33)19-24-15-9-14-23(18-24)13-6-5-12-22-10-3-2-4-11-22;;/h2-4,9-11,14-15,18,21,25H,5-8,12-13,16-17,19-20,29-30H2,1H3,(H,31,34)(H,32,33);2*1H/t21-,25-;;/m0../s1. The molecule has 0 heterocycles. The van der Waals surface area contributed by atoms with Gasteiger partial charge in [0.1, 0.15) is 0 Å². The van der Waals surface area contributed by atoms with Gasteiger partial charge in [-0.3, -0.25) is 9.59 Å². The minimum Gasteiger partial charge on any atom is -0.354 e. The number of halogens is 2. The first-order valence-corrected chi connectivity index (χ1v) is 12.7. The highest BCUT2D eigenvalue weighted by Gasteiger charge is 2.19. The molecule has 0 unspecified atom stereocenters. The van der Waals surface area contributed by atoms with Gasteiger partial charge in [-0.25, -0.2) is 4.79 Å². The smallest absolute Gasteiger partial charge is 0.336 e. The van der Waals surface area contributed by atoms with E-state index in [9.17, 15) is 14.4 Å². The highest BCUT2D eigenvalue weighted by molar-refractivity contribution is 5.85. The number of benzene rings is 2. The van der Waals surface area contributed by atoms with Gasteiger partial charge in [0.15, 0.2) is 0 Å². The van der Waals surface area contributed by atoms with Crippen molar-refractivity contribution >= 4 is 42.6 Å². The minimum atomic E-state index is -0.640. The Morgan fingerprint density at radius 3 is 2.18 bits per heavy atom. The highest BCUT2D eigenvalue weighted by Crippen LogP contribution is 2.12. The summed E-state index contributed by atoms with van der Waals surface area (Å²) in [5.41, 5.74) is 16.9. The van der Waals surface area contributed by atoms with Crippen LogP contribution in [0.4, 0.5) is 0 Å². The molecule has 212 valence electrons. The molecule has 2 rings (SSSR count). The van der Waals surface area contributed by atoms with E-state index < -0.39 is 23.8 Å². The van der Waals surface area contributed by atoms with Gasteiger partial charge in [0.2, 0.25) is 5.91 Å². The molecule has 0 saturated heterocycles. The Morgan fingerprint density at radius 2 is 1.50 bits per heavy atom. The SMILES string of the molecule is C[C@@H](CNC(=O)[C@@H](N)CCCCN)C(=O)ONC(=O)Cc1cccc(CCCCc2ccccc2)c1.Cl.Cl. The molecule has 0 spiro atoms. The monoisotopic (exact) mass is 568 g/mol. The molecule has 0 fully saturated rings. The van der Waals surface area contributed by atoms with Crippen molar-refractivity contribution in [2.75, 3.05) is 13.1 Å². The molecule has 0 aliphatic carbocycles. The highest BCUT2D eigenvalue weighted by atomic mass is 35.5. The van der Waals surface area contributed by atoms with E-state index in [1.165, 1.54) is 11.1 Å². The fourth-order valence-corrected chi connectivity index (χ4v) is 3.74. The third-order valence-electron chi connectivity index (χ3n) is 5.94. The van der Waals surface area contributed by atoms with Crippen LogP contribution in [0.2, 0.25) is 0 Å². The van der Waals surface area contributed by atoms with Crippen molar-refractivity contribution in [3.63, 3.8) is 0 Å². The summed E-state index contributed by atoms with van der Waals surface area (Å²) >= 11 is 0. The predicted molar refractivity (Wildman–Crippen MR) is 155 cm³/mol. The van der Waals surface area contributed by atoms with E-state index in [0.717, 1.165) is 44.1 Å². The Balaban J connectivity index is 0.00000684. The molecule has 10 heteroatoms. The van der Waals surface area contributed by atoms with Crippen LogP contribution in [0.25, 0.3) is 0 Å². The van der Waals surface area contributed by atoms with E-state index in [-0.39, 0.29) is 43.7 Å². The van der Waals surface area contributed by atoms with Gasteiger partial charge in [0.25, 0.3) is 5.91 Å². The number of nitrogens with one attached hydrogen (secondary N) is 2. The van der Waals surface area contributed by atoms with Gasteiger partial charge in [-0.1, -0.05) is 67.9 Å². The number of hydroxylamine groups is 1. The molecular weight excluding hydrogens is 527 g/mol. The molecule has 0 aliphatic rings. The van der Waals surface area contributed by atoms with Gasteiger partial charge < -0.3 is 21.6 Å². The Kier molecular flexibility index (Phi) is 18.9. The Hall–Kier alpha value is -2.65. The molecule has 2 atom stereocenters. The summed E-state index contributed by atoms with van der Waals surface area (Å²) < 4.78 is 0. The Labute approximate surface area is 238 Å². The number of amides is 2. The van der Waals surface area contributed by atoms with Crippen molar-refractivity contribution < 1.29 is 19.2 Å². The van der Waals surface area contributed by atoms with Crippen LogP contribution in [0.1, 0.15) is 55.7 Å². The van der Waals surface area contributed by atoms with Gasteiger partial charge in [-0.15, -0.1) is 24.8 Å². The normalized spacial score (nSPS) is 11.8. The van der Waals surface area contributed by atoms with Crippen molar-refractivity contribution in [2.24, 2.45) is 17.4 Å². The van der Waals surface area contributed by atoms with Crippen molar-refractivity contribution in [1.29, 1.82) is 0 Å². The van der Waals surface area contributed by atoms with Gasteiger partial charge in [-0.2, -0.15) is 5.48 Å². The number of nitrogens with two attached hydrogens (primary N) is 2. The van der Waals surface area contributed by atoms with Crippen LogP contribution in [-0.4, -0.2) is 36.9 Å². The summed E-state index contributed by atoms with van der Waals surface area (Å²) in [5.74, 6) is -2.00. The number of aryl methyl sites for hydroxylation is 2. The van der Waals surface area contributed by atoms with Crippen LogP contribution in [0.15, 0.2) is 54.6 Å². The van der Waals surface area contributed by atoms with Crippen LogP contribution in [0, 0.1) is 5.92 Å². The molecule has 0 radical (unpaired) electrons. The van der Waals surface area contributed by atoms with E-state index in [1.807, 2.05) is 24.3 Å². The molecule has 0 aromatic heterocycles. The first-order chi connectivity index (χ1) is 17.4. The molecule has 0 bridgehead atoms. The van der Waals surface area contributed by atoms with E-state index in [1.54, 1.807) is 6.92 Å². The average molecular weight is 570 g/mol. The maximum atomic E-state index is 12.3. The lowest BCUT2D eigenvalue weighted by molar-refractivity contribution is -0.161. The van der Waals surface area contributed by atoms with Gasteiger partial charge in [-0.05, 0) is 61.8 Å². The molecule has 2 amide bonds.